The highest BCUT2D eigenvalue weighted by atomic mass is 16.5. The predicted octanol–water partition coefficient (Wildman–Crippen LogP) is 3.16. The average Bonchev–Trinajstić information content (AvgIpc) is 2.85. The van der Waals surface area contributed by atoms with Gasteiger partial charge in [-0.15, -0.1) is 6.42 Å². The van der Waals surface area contributed by atoms with Gasteiger partial charge in [-0.05, 0) is 49.9 Å². The van der Waals surface area contributed by atoms with Gasteiger partial charge < -0.3 is 25.2 Å². The molecule has 1 amide bonds. The van der Waals surface area contributed by atoms with Crippen molar-refractivity contribution in [3.05, 3.63) is 48.3 Å². The van der Waals surface area contributed by atoms with Gasteiger partial charge in [0.15, 0.2) is 11.5 Å². The van der Waals surface area contributed by atoms with Gasteiger partial charge in [0.2, 0.25) is 5.91 Å². The van der Waals surface area contributed by atoms with Crippen LogP contribution in [0.15, 0.2) is 42.7 Å². The zero-order valence-electron chi connectivity index (χ0n) is 18.4. The van der Waals surface area contributed by atoms with E-state index in [4.69, 9.17) is 21.0 Å². The molecule has 0 spiro atoms. The molecule has 4 rings (SSSR count). The third-order valence-corrected chi connectivity index (χ3v) is 5.69. The van der Waals surface area contributed by atoms with Gasteiger partial charge in [-0.25, -0.2) is 9.97 Å². The number of fused-ring (bicyclic) bond motifs is 1. The molecule has 0 saturated heterocycles. The van der Waals surface area contributed by atoms with E-state index < -0.39 is 6.61 Å². The maximum atomic E-state index is 11.4. The molecular weight excluding hydrogens is 420 g/mol. The van der Waals surface area contributed by atoms with E-state index in [-0.39, 0.29) is 18.1 Å². The van der Waals surface area contributed by atoms with E-state index in [9.17, 15) is 4.79 Å². The Morgan fingerprint density at radius 3 is 2.73 bits per heavy atom. The highest BCUT2D eigenvalue weighted by molar-refractivity contribution is 5.93. The lowest BCUT2D eigenvalue weighted by atomic mass is 9.93. The summed E-state index contributed by atoms with van der Waals surface area (Å²) in [5.74, 6) is 4.13. The van der Waals surface area contributed by atoms with Crippen molar-refractivity contribution in [3.63, 3.8) is 0 Å². The second kappa shape index (κ2) is 10.2. The fourth-order valence-corrected chi connectivity index (χ4v) is 4.02. The monoisotopic (exact) mass is 446 g/mol. The van der Waals surface area contributed by atoms with Crippen molar-refractivity contribution in [2.24, 2.45) is 0 Å². The Kier molecular flexibility index (Phi) is 6.91. The van der Waals surface area contributed by atoms with Crippen molar-refractivity contribution in [1.82, 2.24) is 15.3 Å². The Labute approximate surface area is 192 Å². The Balaban J connectivity index is 1.55. The molecule has 1 aromatic heterocycles. The first kappa shape index (κ1) is 22.4. The summed E-state index contributed by atoms with van der Waals surface area (Å²) >= 11 is 0. The molecule has 0 aliphatic heterocycles. The molecule has 0 atom stereocenters. The van der Waals surface area contributed by atoms with Crippen molar-refractivity contribution < 1.29 is 19.4 Å². The highest BCUT2D eigenvalue weighted by Gasteiger charge is 2.24. The topological polar surface area (TPSA) is 106 Å². The lowest BCUT2D eigenvalue weighted by Gasteiger charge is -2.29. The van der Waals surface area contributed by atoms with Gasteiger partial charge in [-0.2, -0.15) is 0 Å². The quantitative estimate of drug-likeness (QED) is 0.479. The van der Waals surface area contributed by atoms with E-state index in [0.717, 1.165) is 47.8 Å². The first-order chi connectivity index (χ1) is 16.1. The number of terminal acetylenes is 1. The minimum Gasteiger partial charge on any atom is -0.493 e. The van der Waals surface area contributed by atoms with Crippen LogP contribution in [-0.2, 0) is 4.79 Å². The van der Waals surface area contributed by atoms with Crippen LogP contribution in [0.25, 0.3) is 10.9 Å². The van der Waals surface area contributed by atoms with Crippen LogP contribution in [0.1, 0.15) is 31.2 Å². The molecule has 0 unspecified atom stereocenters. The zero-order valence-corrected chi connectivity index (χ0v) is 18.4. The van der Waals surface area contributed by atoms with Crippen LogP contribution < -0.4 is 20.1 Å². The molecule has 0 radical (unpaired) electrons. The molecule has 1 aliphatic rings. The van der Waals surface area contributed by atoms with Crippen LogP contribution in [0, 0.1) is 12.3 Å². The van der Waals surface area contributed by atoms with Crippen molar-refractivity contribution in [3.8, 4) is 23.8 Å². The molecule has 170 valence electrons. The van der Waals surface area contributed by atoms with Crippen molar-refractivity contribution in [2.45, 2.75) is 37.8 Å². The number of nitrogens with one attached hydrogen (secondary N) is 2. The zero-order chi connectivity index (χ0) is 23.2. The molecule has 1 heterocycles. The maximum absolute atomic E-state index is 11.4. The third-order valence-electron chi connectivity index (χ3n) is 5.69. The maximum Gasteiger partial charge on any atom is 0.245 e. The number of aliphatic hydroxyl groups excluding tert-OH is 1. The first-order valence-electron chi connectivity index (χ1n) is 10.8. The summed E-state index contributed by atoms with van der Waals surface area (Å²) in [5.41, 5.74) is 2.32. The van der Waals surface area contributed by atoms with Crippen LogP contribution in [-0.4, -0.2) is 46.8 Å². The molecule has 33 heavy (non-hydrogen) atoms. The lowest BCUT2D eigenvalue weighted by Crippen LogP contribution is -2.40. The minimum atomic E-state index is -0.490. The number of amides is 1. The number of benzene rings is 2. The summed E-state index contributed by atoms with van der Waals surface area (Å²) < 4.78 is 11.9. The Morgan fingerprint density at radius 2 is 2.00 bits per heavy atom. The van der Waals surface area contributed by atoms with Gasteiger partial charge in [-0.1, -0.05) is 12.0 Å². The van der Waals surface area contributed by atoms with E-state index in [2.05, 4.69) is 26.5 Å². The molecule has 1 aliphatic carbocycles. The molecule has 0 bridgehead atoms. The van der Waals surface area contributed by atoms with Gasteiger partial charge in [0, 0.05) is 28.7 Å². The van der Waals surface area contributed by atoms with Crippen LogP contribution in [0.3, 0.4) is 0 Å². The van der Waals surface area contributed by atoms with Crippen molar-refractivity contribution in [2.75, 3.05) is 19.0 Å². The number of carbonyl (C=O) groups is 1. The smallest absolute Gasteiger partial charge is 0.245 e. The molecule has 8 heteroatoms. The first-order valence-corrected chi connectivity index (χ1v) is 10.8. The number of ether oxygens (including phenoxy) is 2. The number of hydrogen-bond acceptors (Lipinski definition) is 7. The van der Waals surface area contributed by atoms with E-state index in [0.29, 0.717) is 17.3 Å². The molecule has 2 aromatic carbocycles. The molecular formula is C25H26N4O4. The molecule has 3 aromatic rings. The van der Waals surface area contributed by atoms with Gasteiger partial charge in [0.1, 0.15) is 18.8 Å². The van der Waals surface area contributed by atoms with E-state index >= 15 is 0 Å². The summed E-state index contributed by atoms with van der Waals surface area (Å²) in [6.45, 7) is -0.490. The molecule has 8 nitrogen and oxygen atoms in total. The summed E-state index contributed by atoms with van der Waals surface area (Å²) in [6, 6.07) is 11.3. The number of methoxy groups -OCH3 is 1. The number of aliphatic hydroxyl groups is 1. The predicted molar refractivity (Wildman–Crippen MR) is 126 cm³/mol. The highest BCUT2D eigenvalue weighted by Crippen LogP contribution is 2.36. The van der Waals surface area contributed by atoms with Gasteiger partial charge in [-0.3, -0.25) is 4.79 Å². The Morgan fingerprint density at radius 1 is 1.18 bits per heavy atom. The number of anilines is 2. The Hall–Kier alpha value is -3.83. The number of aromatic nitrogens is 2. The van der Waals surface area contributed by atoms with E-state index in [1.807, 2.05) is 36.4 Å². The molecule has 1 saturated carbocycles. The van der Waals surface area contributed by atoms with Crippen LogP contribution in [0.2, 0.25) is 0 Å². The summed E-state index contributed by atoms with van der Waals surface area (Å²) in [7, 11) is 1.60. The van der Waals surface area contributed by atoms with Gasteiger partial charge >= 0.3 is 0 Å². The standard InChI is InChI=1S/C25H26N4O4/c1-3-16-5-4-6-18(11-16)29-25-20-12-23(22(32-2)13-21(20)26-15-27-25)33-19-9-7-17(8-10-19)28-24(31)14-30/h1,4-6,11-13,15,17,19,30H,7-10,14H2,2H3,(H,28,31)(H,26,27,29). The number of nitrogens with zero attached hydrogens (tertiary/aromatic N) is 2. The fourth-order valence-electron chi connectivity index (χ4n) is 4.02. The van der Waals surface area contributed by atoms with E-state index in [1.165, 1.54) is 6.33 Å². The van der Waals surface area contributed by atoms with Crippen molar-refractivity contribution in [1.29, 1.82) is 0 Å². The van der Waals surface area contributed by atoms with Gasteiger partial charge in [0.05, 0.1) is 18.7 Å². The van der Waals surface area contributed by atoms with Crippen LogP contribution >= 0.6 is 0 Å². The molecule has 1 fully saturated rings. The second-order valence-corrected chi connectivity index (χ2v) is 7.91. The lowest BCUT2D eigenvalue weighted by molar-refractivity contribution is -0.124. The fraction of sp³-hybridized carbons (Fsp3) is 0.320. The SMILES string of the molecule is C#Cc1cccc(Nc2ncnc3cc(OC)c(OC4CCC(NC(=O)CO)CC4)cc23)c1. The normalized spacial score (nSPS) is 17.7. The summed E-state index contributed by atoms with van der Waals surface area (Å²) in [6.07, 6.45) is 10.1. The third kappa shape index (κ3) is 5.33. The number of rotatable bonds is 7. The number of hydrogen-bond donors (Lipinski definition) is 3. The summed E-state index contributed by atoms with van der Waals surface area (Å²) in [4.78, 5) is 20.2. The average molecular weight is 447 g/mol. The summed E-state index contributed by atoms with van der Waals surface area (Å²) in [5, 5.41) is 15.9. The second-order valence-electron chi connectivity index (χ2n) is 7.91. The number of carbonyl (C=O) groups excluding carboxylic acids is 1. The van der Waals surface area contributed by atoms with Gasteiger partial charge in [0.25, 0.3) is 0 Å². The van der Waals surface area contributed by atoms with Crippen LogP contribution in [0.4, 0.5) is 11.5 Å². The van der Waals surface area contributed by atoms with Crippen LogP contribution in [0.5, 0.6) is 11.5 Å². The minimum absolute atomic E-state index is 0.00743. The van der Waals surface area contributed by atoms with Crippen molar-refractivity contribution >= 4 is 28.3 Å². The Bertz CT molecular complexity index is 1180. The van der Waals surface area contributed by atoms with E-state index in [1.54, 1.807) is 7.11 Å². The largest absolute Gasteiger partial charge is 0.493 e. The molecule has 3 N–H and O–H groups in total.